The van der Waals surface area contributed by atoms with Crippen molar-refractivity contribution in [2.24, 2.45) is 0 Å². The molecule has 35 heavy (non-hydrogen) atoms. The van der Waals surface area contributed by atoms with Crippen LogP contribution in [0.1, 0.15) is 52.1 Å². The first-order chi connectivity index (χ1) is 16.9. The molecule has 4 rings (SSSR count). The highest BCUT2D eigenvalue weighted by Crippen LogP contribution is 2.32. The molecule has 1 saturated heterocycles. The van der Waals surface area contributed by atoms with Gasteiger partial charge in [-0.05, 0) is 50.5 Å². The maximum atomic E-state index is 13.1. The molecular formula is C24H26N6O5. The Morgan fingerprint density at radius 1 is 1.06 bits per heavy atom. The van der Waals surface area contributed by atoms with Crippen molar-refractivity contribution in [2.45, 2.75) is 38.6 Å². The van der Waals surface area contributed by atoms with Gasteiger partial charge in [-0.15, -0.1) is 0 Å². The quantitative estimate of drug-likeness (QED) is 0.334. The zero-order chi connectivity index (χ0) is 24.9. The number of rotatable bonds is 8. The van der Waals surface area contributed by atoms with E-state index in [0.717, 1.165) is 10.6 Å². The molecule has 182 valence electrons. The van der Waals surface area contributed by atoms with E-state index < -0.39 is 29.7 Å². The van der Waals surface area contributed by atoms with E-state index in [-0.39, 0.29) is 30.0 Å². The minimum atomic E-state index is -0.999. The van der Waals surface area contributed by atoms with E-state index in [1.807, 2.05) is 6.92 Å². The van der Waals surface area contributed by atoms with Gasteiger partial charge < -0.3 is 16.0 Å². The van der Waals surface area contributed by atoms with Crippen molar-refractivity contribution in [3.63, 3.8) is 0 Å². The Balaban J connectivity index is 1.28. The standard InChI is InChI=1S/C24H26N6O5/c1-14-16(8-5-13-25-14)28-24(35)27-12-3-2-11-26-17-7-4-6-15-20(17)23(34)30(22(15)33)18-9-10-19(31)29-21(18)32/h4-8,13,18,26H,2-3,9-12H2,1H3,(H2,27,28,35)(H,29,31,32). The van der Waals surface area contributed by atoms with Crippen molar-refractivity contribution in [1.82, 2.24) is 20.5 Å². The number of imide groups is 2. The van der Waals surface area contributed by atoms with Gasteiger partial charge in [0.25, 0.3) is 11.8 Å². The van der Waals surface area contributed by atoms with E-state index in [0.29, 0.717) is 37.3 Å². The number of carbonyl (C=O) groups is 5. The van der Waals surface area contributed by atoms with Crippen LogP contribution in [0.15, 0.2) is 36.5 Å². The summed E-state index contributed by atoms with van der Waals surface area (Å²) in [5.74, 6) is -2.14. The molecule has 0 bridgehead atoms. The van der Waals surface area contributed by atoms with Crippen LogP contribution in [0, 0.1) is 6.92 Å². The molecule has 1 aromatic heterocycles. The molecule has 0 aliphatic carbocycles. The second-order valence-electron chi connectivity index (χ2n) is 8.33. The van der Waals surface area contributed by atoms with Gasteiger partial charge in [0.1, 0.15) is 6.04 Å². The van der Waals surface area contributed by atoms with Gasteiger partial charge >= 0.3 is 6.03 Å². The van der Waals surface area contributed by atoms with Crippen LogP contribution in [-0.4, -0.2) is 58.7 Å². The Morgan fingerprint density at radius 3 is 2.60 bits per heavy atom. The van der Waals surface area contributed by atoms with Crippen LogP contribution < -0.4 is 21.3 Å². The number of pyridine rings is 1. The van der Waals surface area contributed by atoms with Crippen LogP contribution in [0.3, 0.4) is 0 Å². The maximum absolute atomic E-state index is 13.1. The van der Waals surface area contributed by atoms with Gasteiger partial charge in [0.2, 0.25) is 11.8 Å². The molecule has 2 aromatic rings. The second kappa shape index (κ2) is 10.3. The lowest BCUT2D eigenvalue weighted by atomic mass is 10.0. The molecule has 3 heterocycles. The summed E-state index contributed by atoms with van der Waals surface area (Å²) >= 11 is 0. The number of piperidine rings is 1. The number of amides is 6. The predicted octanol–water partition coefficient (Wildman–Crippen LogP) is 1.81. The van der Waals surface area contributed by atoms with Gasteiger partial charge in [0, 0.05) is 31.4 Å². The molecule has 0 spiro atoms. The normalized spacial score (nSPS) is 17.2. The Kier molecular flexibility index (Phi) is 7.04. The van der Waals surface area contributed by atoms with Gasteiger partial charge in [-0.2, -0.15) is 0 Å². The summed E-state index contributed by atoms with van der Waals surface area (Å²) in [6.45, 7) is 2.78. The predicted molar refractivity (Wildman–Crippen MR) is 127 cm³/mol. The highest BCUT2D eigenvalue weighted by molar-refractivity contribution is 6.25. The number of anilines is 2. The Hall–Kier alpha value is -4.28. The van der Waals surface area contributed by atoms with Crippen molar-refractivity contribution in [1.29, 1.82) is 0 Å². The molecule has 4 N–H and O–H groups in total. The van der Waals surface area contributed by atoms with Crippen LogP contribution in [0.2, 0.25) is 0 Å². The SMILES string of the molecule is Cc1ncccc1NC(=O)NCCCCNc1cccc2c1C(=O)N(C1CCC(=O)NC1=O)C2=O. The van der Waals surface area contributed by atoms with Crippen LogP contribution in [0.25, 0.3) is 0 Å². The highest BCUT2D eigenvalue weighted by Gasteiger charge is 2.45. The first-order valence-electron chi connectivity index (χ1n) is 11.4. The lowest BCUT2D eigenvalue weighted by molar-refractivity contribution is -0.136. The van der Waals surface area contributed by atoms with Gasteiger partial charge in [0.05, 0.1) is 22.5 Å². The van der Waals surface area contributed by atoms with Crippen LogP contribution >= 0.6 is 0 Å². The Morgan fingerprint density at radius 2 is 1.83 bits per heavy atom. The summed E-state index contributed by atoms with van der Waals surface area (Å²) in [4.78, 5) is 66.7. The first kappa shape index (κ1) is 23.9. The third kappa shape index (κ3) is 5.13. The van der Waals surface area contributed by atoms with Gasteiger partial charge in [-0.3, -0.25) is 34.4 Å². The maximum Gasteiger partial charge on any atom is 0.319 e. The largest absolute Gasteiger partial charge is 0.384 e. The lowest BCUT2D eigenvalue weighted by Crippen LogP contribution is -2.54. The Bertz CT molecular complexity index is 1200. The first-order valence-corrected chi connectivity index (χ1v) is 11.4. The van der Waals surface area contributed by atoms with E-state index in [1.165, 1.54) is 0 Å². The smallest absolute Gasteiger partial charge is 0.319 e. The summed E-state index contributed by atoms with van der Waals surface area (Å²) < 4.78 is 0. The van der Waals surface area contributed by atoms with Crippen molar-refractivity contribution in [2.75, 3.05) is 23.7 Å². The van der Waals surface area contributed by atoms with Crippen molar-refractivity contribution >= 4 is 41.0 Å². The molecule has 0 radical (unpaired) electrons. The summed E-state index contributed by atoms with van der Waals surface area (Å²) in [7, 11) is 0. The summed E-state index contributed by atoms with van der Waals surface area (Å²) in [5, 5.41) is 10.9. The molecule has 1 atom stereocenters. The highest BCUT2D eigenvalue weighted by atomic mass is 16.2. The number of nitrogens with one attached hydrogen (secondary N) is 4. The lowest BCUT2D eigenvalue weighted by Gasteiger charge is -2.27. The molecule has 2 aliphatic heterocycles. The average molecular weight is 479 g/mol. The third-order valence-corrected chi connectivity index (χ3v) is 5.93. The van der Waals surface area contributed by atoms with E-state index in [1.54, 1.807) is 36.5 Å². The summed E-state index contributed by atoms with van der Waals surface area (Å²) in [6, 6.07) is 7.15. The molecular weight excluding hydrogens is 452 g/mol. The summed E-state index contributed by atoms with van der Waals surface area (Å²) in [6.07, 6.45) is 3.23. The summed E-state index contributed by atoms with van der Waals surface area (Å²) in [5.41, 5.74) is 2.34. The van der Waals surface area contributed by atoms with Crippen LogP contribution in [-0.2, 0) is 9.59 Å². The molecule has 1 unspecified atom stereocenters. The number of urea groups is 1. The number of hydrogen-bond donors (Lipinski definition) is 4. The fourth-order valence-electron chi connectivity index (χ4n) is 4.12. The number of nitrogens with zero attached hydrogens (tertiary/aromatic N) is 2. The zero-order valence-corrected chi connectivity index (χ0v) is 19.2. The second-order valence-corrected chi connectivity index (χ2v) is 8.33. The van der Waals surface area contributed by atoms with Crippen LogP contribution in [0.4, 0.5) is 16.2 Å². The monoisotopic (exact) mass is 478 g/mol. The van der Waals surface area contributed by atoms with E-state index in [4.69, 9.17) is 0 Å². The van der Waals surface area contributed by atoms with E-state index >= 15 is 0 Å². The number of benzene rings is 1. The molecule has 1 aromatic carbocycles. The van der Waals surface area contributed by atoms with Crippen molar-refractivity contribution < 1.29 is 24.0 Å². The molecule has 1 fully saturated rings. The number of fused-ring (bicyclic) bond motifs is 1. The van der Waals surface area contributed by atoms with Gasteiger partial charge in [0.15, 0.2) is 0 Å². The number of unbranched alkanes of at least 4 members (excludes halogenated alkanes) is 1. The fraction of sp³-hybridized carbons (Fsp3) is 0.333. The van der Waals surface area contributed by atoms with E-state index in [2.05, 4.69) is 26.3 Å². The number of aryl methyl sites for hydroxylation is 1. The minimum Gasteiger partial charge on any atom is -0.384 e. The Labute approximate surface area is 201 Å². The van der Waals surface area contributed by atoms with Crippen molar-refractivity contribution in [3.8, 4) is 0 Å². The third-order valence-electron chi connectivity index (χ3n) is 5.93. The fourth-order valence-corrected chi connectivity index (χ4v) is 4.12. The number of aromatic nitrogens is 1. The zero-order valence-electron chi connectivity index (χ0n) is 19.2. The molecule has 2 aliphatic rings. The number of hydrogen-bond acceptors (Lipinski definition) is 7. The van der Waals surface area contributed by atoms with Crippen LogP contribution in [0.5, 0.6) is 0 Å². The number of carbonyl (C=O) groups excluding carboxylic acids is 5. The topological polar surface area (TPSA) is 150 Å². The van der Waals surface area contributed by atoms with E-state index in [9.17, 15) is 24.0 Å². The molecule has 0 saturated carbocycles. The van der Waals surface area contributed by atoms with Gasteiger partial charge in [-0.1, -0.05) is 6.07 Å². The minimum absolute atomic E-state index is 0.0722. The van der Waals surface area contributed by atoms with Crippen molar-refractivity contribution in [3.05, 3.63) is 53.3 Å². The molecule has 6 amide bonds. The van der Waals surface area contributed by atoms with Gasteiger partial charge in [-0.25, -0.2) is 4.79 Å². The molecule has 11 heteroatoms. The molecule has 11 nitrogen and oxygen atoms in total. The average Bonchev–Trinajstić information content (AvgIpc) is 3.08.